The highest BCUT2D eigenvalue weighted by atomic mass is 19.1. The number of hydrogen-bond donors (Lipinski definition) is 1. The van der Waals surface area contributed by atoms with E-state index in [1.807, 2.05) is 13.0 Å². The molecule has 6 atom stereocenters. The lowest BCUT2D eigenvalue weighted by Crippen LogP contribution is -2.50. The van der Waals surface area contributed by atoms with Crippen molar-refractivity contribution in [3.05, 3.63) is 29.3 Å². The average molecular weight is 417 g/mol. The standard InChI is InChI=1S/C25H33FO4/c1-15(27)30-11-5-3-4-6-16-12-17-13-18(28)7-8-19(17)24-21(26)14-25(2)20(23(16)24)9-10-22(25)29/h7-8,13,16,20-21,23-24,28H,3-6,9-12,14H2,1-2H3/t16?,20-,21?,23-,24-,25-/m0/s1. The van der Waals surface area contributed by atoms with Crippen LogP contribution in [0.2, 0.25) is 0 Å². The van der Waals surface area contributed by atoms with Crippen molar-refractivity contribution in [2.45, 2.75) is 77.3 Å². The second kappa shape index (κ2) is 8.32. The molecule has 2 unspecified atom stereocenters. The maximum absolute atomic E-state index is 15.6. The summed E-state index contributed by atoms with van der Waals surface area (Å²) in [5.74, 6) is 0.787. The molecule has 2 saturated carbocycles. The van der Waals surface area contributed by atoms with Crippen molar-refractivity contribution < 1.29 is 23.8 Å². The largest absolute Gasteiger partial charge is 0.508 e. The first-order valence-corrected chi connectivity index (χ1v) is 11.4. The minimum Gasteiger partial charge on any atom is -0.508 e. The first kappa shape index (κ1) is 21.3. The fourth-order valence-corrected chi connectivity index (χ4v) is 6.74. The van der Waals surface area contributed by atoms with Crippen molar-refractivity contribution in [3.8, 4) is 5.75 Å². The van der Waals surface area contributed by atoms with Gasteiger partial charge in [0.05, 0.1) is 6.61 Å². The Hall–Kier alpha value is -1.91. The van der Waals surface area contributed by atoms with Gasteiger partial charge in [-0.05, 0) is 73.1 Å². The Balaban J connectivity index is 1.56. The monoisotopic (exact) mass is 416 g/mol. The molecule has 0 bridgehead atoms. The number of phenols is 1. The molecule has 0 saturated heterocycles. The molecule has 0 radical (unpaired) electrons. The summed E-state index contributed by atoms with van der Waals surface area (Å²) in [6.07, 6.45) is 5.37. The lowest BCUT2D eigenvalue weighted by Gasteiger charge is -2.53. The highest BCUT2D eigenvalue weighted by molar-refractivity contribution is 5.87. The molecule has 5 heteroatoms. The van der Waals surface area contributed by atoms with Crippen LogP contribution in [0.3, 0.4) is 0 Å². The minimum atomic E-state index is -1.02. The average Bonchev–Trinajstić information content (AvgIpc) is 2.98. The van der Waals surface area contributed by atoms with Gasteiger partial charge in [-0.1, -0.05) is 25.8 Å². The number of esters is 1. The third-order valence-corrected chi connectivity index (χ3v) is 8.06. The van der Waals surface area contributed by atoms with E-state index in [4.69, 9.17) is 4.74 Å². The van der Waals surface area contributed by atoms with Gasteiger partial charge in [0.25, 0.3) is 0 Å². The number of alkyl halides is 1. The number of phenolic OH excluding ortho intramolecular Hbond substituents is 1. The highest BCUT2D eigenvalue weighted by Crippen LogP contribution is 2.62. The van der Waals surface area contributed by atoms with Gasteiger partial charge in [-0.25, -0.2) is 4.39 Å². The molecule has 3 aliphatic carbocycles. The summed E-state index contributed by atoms with van der Waals surface area (Å²) < 4.78 is 20.7. The molecule has 4 rings (SSSR count). The van der Waals surface area contributed by atoms with Crippen molar-refractivity contribution in [1.29, 1.82) is 0 Å². The summed E-state index contributed by atoms with van der Waals surface area (Å²) in [7, 11) is 0. The number of ether oxygens (including phenoxy) is 1. The molecule has 0 amide bonds. The van der Waals surface area contributed by atoms with E-state index >= 15 is 4.39 Å². The molecular weight excluding hydrogens is 383 g/mol. The zero-order valence-electron chi connectivity index (χ0n) is 18.0. The van der Waals surface area contributed by atoms with Crippen LogP contribution in [0.1, 0.15) is 75.8 Å². The Kier molecular flexibility index (Phi) is 5.91. The molecule has 2 fully saturated rings. The second-order valence-electron chi connectivity index (χ2n) is 9.85. The van der Waals surface area contributed by atoms with Crippen molar-refractivity contribution in [3.63, 3.8) is 0 Å². The fraction of sp³-hybridized carbons (Fsp3) is 0.680. The molecular formula is C25H33FO4. The Labute approximate surface area is 178 Å². The summed E-state index contributed by atoms with van der Waals surface area (Å²) >= 11 is 0. The van der Waals surface area contributed by atoms with Gasteiger partial charge in [0, 0.05) is 24.7 Å². The summed E-state index contributed by atoms with van der Waals surface area (Å²) in [6, 6.07) is 5.38. The number of benzene rings is 1. The van der Waals surface area contributed by atoms with Gasteiger partial charge in [-0.3, -0.25) is 9.59 Å². The summed E-state index contributed by atoms with van der Waals surface area (Å²) in [6.45, 7) is 3.87. The number of halogens is 1. The van der Waals surface area contributed by atoms with Crippen molar-refractivity contribution >= 4 is 11.8 Å². The number of rotatable bonds is 6. The van der Waals surface area contributed by atoms with Gasteiger partial charge in [0.15, 0.2) is 0 Å². The molecule has 30 heavy (non-hydrogen) atoms. The van der Waals surface area contributed by atoms with Crippen LogP contribution in [0.5, 0.6) is 5.75 Å². The molecule has 4 nitrogen and oxygen atoms in total. The predicted molar refractivity (Wildman–Crippen MR) is 112 cm³/mol. The molecule has 1 aromatic rings. The van der Waals surface area contributed by atoms with Crippen LogP contribution in [0.4, 0.5) is 4.39 Å². The molecule has 3 aliphatic rings. The molecule has 0 spiro atoms. The smallest absolute Gasteiger partial charge is 0.302 e. The SMILES string of the molecule is CC(=O)OCCCCCC1Cc2cc(O)ccc2[C@H]2C(F)C[C@]3(C)C(=O)CC[C@H]3[C@H]12. The number of carbonyl (C=O) groups is 2. The van der Waals surface area contributed by atoms with Gasteiger partial charge in [0.2, 0.25) is 0 Å². The number of hydrogen-bond acceptors (Lipinski definition) is 4. The second-order valence-corrected chi connectivity index (χ2v) is 9.85. The third-order valence-electron chi connectivity index (χ3n) is 8.06. The van der Waals surface area contributed by atoms with Gasteiger partial charge in [-0.2, -0.15) is 0 Å². The maximum atomic E-state index is 15.6. The van der Waals surface area contributed by atoms with Gasteiger partial charge in [0.1, 0.15) is 17.7 Å². The minimum absolute atomic E-state index is 0.177. The summed E-state index contributed by atoms with van der Waals surface area (Å²) in [5.41, 5.74) is 1.58. The van der Waals surface area contributed by atoms with Gasteiger partial charge < -0.3 is 9.84 Å². The normalized spacial score (nSPS) is 34.8. The highest BCUT2D eigenvalue weighted by Gasteiger charge is 2.60. The zero-order chi connectivity index (χ0) is 21.5. The van der Waals surface area contributed by atoms with Crippen LogP contribution in [-0.2, 0) is 20.7 Å². The number of aromatic hydroxyl groups is 1. The first-order chi connectivity index (χ1) is 14.3. The van der Waals surface area contributed by atoms with Crippen molar-refractivity contribution in [2.75, 3.05) is 6.61 Å². The van der Waals surface area contributed by atoms with E-state index in [1.165, 1.54) is 6.92 Å². The molecule has 0 aliphatic heterocycles. The van der Waals surface area contributed by atoms with Crippen molar-refractivity contribution in [2.24, 2.45) is 23.2 Å². The number of fused-ring (bicyclic) bond motifs is 5. The molecule has 1 aromatic carbocycles. The van der Waals surface area contributed by atoms with E-state index in [-0.39, 0.29) is 35.3 Å². The quantitative estimate of drug-likeness (QED) is 0.517. The van der Waals surface area contributed by atoms with E-state index < -0.39 is 11.6 Å². The number of carbonyl (C=O) groups excluding carboxylic acids is 2. The lowest BCUT2D eigenvalue weighted by molar-refractivity contribution is -0.141. The number of Topliss-reactive ketones (excluding diaryl/α,β-unsaturated/α-hetero) is 1. The Morgan fingerprint density at radius 3 is 2.87 bits per heavy atom. The van der Waals surface area contributed by atoms with E-state index in [0.717, 1.165) is 49.7 Å². The van der Waals surface area contributed by atoms with Crippen LogP contribution in [-0.4, -0.2) is 29.6 Å². The van der Waals surface area contributed by atoms with E-state index in [2.05, 4.69) is 0 Å². The van der Waals surface area contributed by atoms with Gasteiger partial charge in [-0.15, -0.1) is 0 Å². The van der Waals surface area contributed by atoms with E-state index in [0.29, 0.717) is 25.4 Å². The lowest BCUT2D eigenvalue weighted by atomic mass is 9.51. The third kappa shape index (κ3) is 3.76. The fourth-order valence-electron chi connectivity index (χ4n) is 6.74. The van der Waals surface area contributed by atoms with E-state index in [1.54, 1.807) is 12.1 Å². The zero-order valence-corrected chi connectivity index (χ0v) is 18.0. The van der Waals surface area contributed by atoms with Crippen LogP contribution in [0, 0.1) is 23.2 Å². The Morgan fingerprint density at radius 1 is 1.30 bits per heavy atom. The first-order valence-electron chi connectivity index (χ1n) is 11.4. The van der Waals surface area contributed by atoms with Gasteiger partial charge >= 0.3 is 5.97 Å². The Morgan fingerprint density at radius 2 is 2.10 bits per heavy atom. The predicted octanol–water partition coefficient (Wildman–Crippen LogP) is 5.12. The molecule has 0 heterocycles. The van der Waals surface area contributed by atoms with Crippen LogP contribution in [0.25, 0.3) is 0 Å². The van der Waals surface area contributed by atoms with Crippen LogP contribution >= 0.6 is 0 Å². The summed E-state index contributed by atoms with van der Waals surface area (Å²) in [4.78, 5) is 23.6. The van der Waals surface area contributed by atoms with Crippen LogP contribution in [0.15, 0.2) is 18.2 Å². The molecule has 0 aromatic heterocycles. The number of ketones is 1. The molecule has 1 N–H and O–H groups in total. The van der Waals surface area contributed by atoms with Crippen LogP contribution < -0.4 is 0 Å². The summed E-state index contributed by atoms with van der Waals surface area (Å²) in [5, 5.41) is 10.0. The molecule has 164 valence electrons. The maximum Gasteiger partial charge on any atom is 0.302 e. The topological polar surface area (TPSA) is 63.6 Å². The number of unbranched alkanes of at least 4 members (excludes halogenated alkanes) is 2. The Bertz CT molecular complexity index is 821. The van der Waals surface area contributed by atoms with E-state index in [9.17, 15) is 14.7 Å². The van der Waals surface area contributed by atoms with Crippen molar-refractivity contribution in [1.82, 2.24) is 0 Å².